The third-order valence-electron chi connectivity index (χ3n) is 2.46. The van der Waals surface area contributed by atoms with Gasteiger partial charge in [0.2, 0.25) is 0 Å². The van der Waals surface area contributed by atoms with Crippen LogP contribution in [0.3, 0.4) is 0 Å². The number of rotatable bonds is 1. The molecule has 1 aromatic carbocycles. The van der Waals surface area contributed by atoms with Crippen molar-refractivity contribution in [3.63, 3.8) is 0 Å². The number of benzene rings is 1. The summed E-state index contributed by atoms with van der Waals surface area (Å²) in [7, 11) is 1.73. The van der Waals surface area contributed by atoms with Crippen molar-refractivity contribution in [1.29, 1.82) is 0 Å². The molecule has 0 saturated heterocycles. The number of hydrogen-bond donors (Lipinski definition) is 1. The van der Waals surface area contributed by atoms with E-state index >= 15 is 0 Å². The van der Waals surface area contributed by atoms with E-state index in [9.17, 15) is 4.79 Å². The smallest absolute Gasteiger partial charge is 0.282 e. The monoisotopic (exact) mass is 209 g/mol. The number of carbonyl (C=O) groups is 1. The van der Waals surface area contributed by atoms with E-state index in [1.54, 1.807) is 11.9 Å². The Labute approximate surface area is 90.3 Å². The van der Waals surface area contributed by atoms with E-state index in [0.29, 0.717) is 0 Å². The predicted molar refractivity (Wildman–Crippen MR) is 63.4 cm³/mol. The molecular formula is C11H15NOS. The fraction of sp³-hybridized carbons (Fsp3) is 0.364. The lowest BCUT2D eigenvalue weighted by Gasteiger charge is -2.18. The topological polar surface area (TPSA) is 20.3 Å². The molecule has 0 saturated carbocycles. The molecule has 0 radical (unpaired) electrons. The highest BCUT2D eigenvalue weighted by Gasteiger charge is 2.10. The van der Waals surface area contributed by atoms with E-state index in [1.807, 2.05) is 19.9 Å². The summed E-state index contributed by atoms with van der Waals surface area (Å²) in [5.41, 5.74) is 4.45. The zero-order chi connectivity index (χ0) is 10.9. The quantitative estimate of drug-likeness (QED) is 0.705. The number of thiol groups is 1. The lowest BCUT2D eigenvalue weighted by atomic mass is 10.0. The lowest BCUT2D eigenvalue weighted by Crippen LogP contribution is -2.20. The second-order valence-corrected chi connectivity index (χ2v) is 3.95. The van der Waals surface area contributed by atoms with Crippen LogP contribution in [0.4, 0.5) is 10.5 Å². The lowest BCUT2D eigenvalue weighted by molar-refractivity contribution is 0.266. The molecule has 76 valence electrons. The summed E-state index contributed by atoms with van der Waals surface area (Å²) in [6.07, 6.45) is 0. The van der Waals surface area contributed by atoms with Gasteiger partial charge in [-0.3, -0.25) is 4.79 Å². The maximum Gasteiger partial charge on any atom is 0.282 e. The highest BCUT2D eigenvalue weighted by molar-refractivity contribution is 7.96. The highest BCUT2D eigenvalue weighted by atomic mass is 32.1. The van der Waals surface area contributed by atoms with Crippen LogP contribution in [-0.2, 0) is 0 Å². The van der Waals surface area contributed by atoms with Crippen molar-refractivity contribution in [1.82, 2.24) is 0 Å². The largest absolute Gasteiger partial charge is 0.306 e. The molecule has 1 rings (SSSR count). The second-order valence-electron chi connectivity index (χ2n) is 3.56. The van der Waals surface area contributed by atoms with Crippen LogP contribution < -0.4 is 4.90 Å². The average Bonchev–Trinajstić information content (AvgIpc) is 2.10. The first-order valence-electron chi connectivity index (χ1n) is 4.48. The van der Waals surface area contributed by atoms with E-state index < -0.39 is 0 Å². The van der Waals surface area contributed by atoms with Crippen LogP contribution in [0.1, 0.15) is 16.7 Å². The maximum atomic E-state index is 11.1. The van der Waals surface area contributed by atoms with Crippen LogP contribution >= 0.6 is 12.6 Å². The zero-order valence-corrected chi connectivity index (χ0v) is 9.85. The molecular weight excluding hydrogens is 194 g/mol. The summed E-state index contributed by atoms with van der Waals surface area (Å²) in [5, 5.41) is -0.239. The fourth-order valence-corrected chi connectivity index (χ4v) is 1.52. The number of aryl methyl sites for hydroxylation is 3. The van der Waals surface area contributed by atoms with Crippen LogP contribution in [-0.4, -0.2) is 12.3 Å². The molecule has 0 bridgehead atoms. The van der Waals surface area contributed by atoms with Crippen molar-refractivity contribution >= 4 is 23.6 Å². The Morgan fingerprint density at radius 3 is 2.14 bits per heavy atom. The minimum atomic E-state index is -0.239. The zero-order valence-electron chi connectivity index (χ0n) is 8.96. The number of amides is 1. The third-order valence-corrected chi connectivity index (χ3v) is 2.76. The molecule has 0 aromatic heterocycles. The van der Waals surface area contributed by atoms with Crippen molar-refractivity contribution in [2.24, 2.45) is 0 Å². The van der Waals surface area contributed by atoms with E-state index in [0.717, 1.165) is 11.3 Å². The Bertz CT molecular complexity index is 374. The van der Waals surface area contributed by atoms with Gasteiger partial charge in [0.05, 0.1) is 0 Å². The van der Waals surface area contributed by atoms with Gasteiger partial charge in [0.15, 0.2) is 0 Å². The summed E-state index contributed by atoms with van der Waals surface area (Å²) in [6.45, 7) is 6.10. The van der Waals surface area contributed by atoms with Gasteiger partial charge >= 0.3 is 0 Å². The average molecular weight is 209 g/mol. The van der Waals surface area contributed by atoms with Gasteiger partial charge in [-0.1, -0.05) is 18.7 Å². The summed E-state index contributed by atoms with van der Waals surface area (Å²) in [5.74, 6) is 0. The summed E-state index contributed by atoms with van der Waals surface area (Å²) in [4.78, 5) is 12.6. The second kappa shape index (κ2) is 4.05. The highest BCUT2D eigenvalue weighted by Crippen LogP contribution is 2.23. The Kier molecular flexibility index (Phi) is 3.21. The van der Waals surface area contributed by atoms with E-state index in [1.165, 1.54) is 11.1 Å². The Balaban J connectivity index is 3.22. The summed E-state index contributed by atoms with van der Waals surface area (Å²) < 4.78 is 0. The van der Waals surface area contributed by atoms with Crippen LogP contribution in [0.15, 0.2) is 12.1 Å². The van der Waals surface area contributed by atoms with Gasteiger partial charge in [-0.05, 0) is 43.5 Å². The van der Waals surface area contributed by atoms with Crippen molar-refractivity contribution < 1.29 is 4.79 Å². The van der Waals surface area contributed by atoms with Crippen molar-refractivity contribution in [2.75, 3.05) is 11.9 Å². The van der Waals surface area contributed by atoms with Gasteiger partial charge in [0.1, 0.15) is 0 Å². The Hall–Kier alpha value is -0.960. The molecule has 0 atom stereocenters. The number of anilines is 1. The van der Waals surface area contributed by atoms with Crippen LogP contribution in [0.2, 0.25) is 0 Å². The third kappa shape index (κ3) is 2.10. The minimum Gasteiger partial charge on any atom is -0.306 e. The van der Waals surface area contributed by atoms with Crippen LogP contribution in [0.5, 0.6) is 0 Å². The number of carbonyl (C=O) groups excluding carboxylic acids is 1. The molecule has 0 heterocycles. The van der Waals surface area contributed by atoms with Gasteiger partial charge in [0, 0.05) is 12.7 Å². The number of hydrogen-bond acceptors (Lipinski definition) is 1. The molecule has 0 fully saturated rings. The summed E-state index contributed by atoms with van der Waals surface area (Å²) in [6, 6.07) is 4.09. The molecule has 0 spiro atoms. The predicted octanol–water partition coefficient (Wildman–Crippen LogP) is 3.10. The first-order chi connectivity index (χ1) is 6.43. The van der Waals surface area contributed by atoms with Crippen molar-refractivity contribution in [3.05, 3.63) is 28.8 Å². The van der Waals surface area contributed by atoms with Gasteiger partial charge < -0.3 is 4.90 Å². The molecule has 0 unspecified atom stereocenters. The van der Waals surface area contributed by atoms with E-state index in [4.69, 9.17) is 0 Å². The number of nitrogens with zero attached hydrogens (tertiary/aromatic N) is 1. The van der Waals surface area contributed by atoms with Crippen LogP contribution in [0.25, 0.3) is 0 Å². The van der Waals surface area contributed by atoms with Gasteiger partial charge in [-0.2, -0.15) is 0 Å². The molecule has 0 aliphatic carbocycles. The first kappa shape index (κ1) is 11.1. The molecule has 0 aliphatic heterocycles. The van der Waals surface area contributed by atoms with Crippen LogP contribution in [0, 0.1) is 20.8 Å². The molecule has 1 aromatic rings. The minimum absolute atomic E-state index is 0.239. The van der Waals surface area contributed by atoms with E-state index in [2.05, 4.69) is 25.6 Å². The molecule has 2 nitrogen and oxygen atoms in total. The normalized spacial score (nSPS) is 10.1. The Morgan fingerprint density at radius 2 is 1.64 bits per heavy atom. The maximum absolute atomic E-state index is 11.1. The van der Waals surface area contributed by atoms with Gasteiger partial charge in [-0.25, -0.2) is 0 Å². The molecule has 3 heteroatoms. The SMILES string of the molecule is Cc1cc(C)c(N(C)C(=O)S)cc1C. The fourth-order valence-electron chi connectivity index (χ4n) is 1.41. The molecule has 0 aliphatic rings. The Morgan fingerprint density at radius 1 is 1.14 bits per heavy atom. The summed E-state index contributed by atoms with van der Waals surface area (Å²) >= 11 is 3.80. The molecule has 14 heavy (non-hydrogen) atoms. The van der Waals surface area contributed by atoms with Gasteiger partial charge in [0.25, 0.3) is 5.24 Å². The van der Waals surface area contributed by atoms with Crippen molar-refractivity contribution in [2.45, 2.75) is 20.8 Å². The molecule has 0 N–H and O–H groups in total. The van der Waals surface area contributed by atoms with E-state index in [-0.39, 0.29) is 5.24 Å². The standard InChI is InChI=1S/C11H15NOS/c1-7-5-9(3)10(6-8(7)2)12(4)11(13)14/h5-6H,1-4H3,(H,13,14). The van der Waals surface area contributed by atoms with Crippen molar-refractivity contribution in [3.8, 4) is 0 Å². The van der Waals surface area contributed by atoms with Gasteiger partial charge in [-0.15, -0.1) is 0 Å². The molecule has 1 amide bonds. The first-order valence-corrected chi connectivity index (χ1v) is 4.92.